The number of carboxylic acids is 1. The quantitative estimate of drug-likeness (QED) is 0.443. The molecule has 0 aromatic rings. The van der Waals surface area contributed by atoms with Gasteiger partial charge in [-0.3, -0.25) is 4.79 Å². The summed E-state index contributed by atoms with van der Waals surface area (Å²) in [5, 5.41) is 16.4. The van der Waals surface area contributed by atoms with Gasteiger partial charge in [0.25, 0.3) is 0 Å². The highest BCUT2D eigenvalue weighted by molar-refractivity contribution is 5.74. The summed E-state index contributed by atoms with van der Waals surface area (Å²) in [5.41, 5.74) is 0. The van der Waals surface area contributed by atoms with Crippen molar-refractivity contribution in [3.05, 3.63) is 0 Å². The van der Waals surface area contributed by atoms with Crippen molar-refractivity contribution in [2.24, 2.45) is 0 Å². The van der Waals surface area contributed by atoms with Gasteiger partial charge in [0.2, 0.25) is 0 Å². The van der Waals surface area contributed by atoms with Crippen LogP contribution in [0.1, 0.15) is 32.1 Å². The molecular formula is C13H26N4O4. The van der Waals surface area contributed by atoms with Crippen LogP contribution in [0.15, 0.2) is 0 Å². The Morgan fingerprint density at radius 3 is 2.05 bits per heavy atom. The van der Waals surface area contributed by atoms with Crippen LogP contribution in [0.3, 0.4) is 0 Å². The molecule has 0 saturated heterocycles. The Labute approximate surface area is 125 Å². The average Bonchev–Trinajstić information content (AvgIpc) is 2.41. The van der Waals surface area contributed by atoms with Crippen LogP contribution in [0.2, 0.25) is 0 Å². The van der Waals surface area contributed by atoms with Crippen LogP contribution in [0.25, 0.3) is 0 Å². The van der Waals surface area contributed by atoms with E-state index in [9.17, 15) is 14.4 Å². The number of amides is 4. The maximum atomic E-state index is 11.4. The zero-order valence-corrected chi connectivity index (χ0v) is 12.8. The second kappa shape index (κ2) is 11.8. The van der Waals surface area contributed by atoms with Gasteiger partial charge in [-0.15, -0.1) is 0 Å². The van der Waals surface area contributed by atoms with Crippen molar-refractivity contribution in [2.75, 3.05) is 33.7 Å². The van der Waals surface area contributed by atoms with E-state index < -0.39 is 5.97 Å². The van der Waals surface area contributed by atoms with Crippen LogP contribution < -0.4 is 16.0 Å². The first-order valence-corrected chi connectivity index (χ1v) is 7.12. The van der Waals surface area contributed by atoms with E-state index in [0.717, 1.165) is 19.3 Å². The zero-order valence-electron chi connectivity index (χ0n) is 12.8. The first-order chi connectivity index (χ1) is 9.93. The van der Waals surface area contributed by atoms with Crippen molar-refractivity contribution in [1.29, 1.82) is 0 Å². The van der Waals surface area contributed by atoms with E-state index >= 15 is 0 Å². The maximum absolute atomic E-state index is 11.4. The Morgan fingerprint density at radius 2 is 1.43 bits per heavy atom. The Balaban J connectivity index is 3.35. The van der Waals surface area contributed by atoms with Gasteiger partial charge in [-0.05, 0) is 12.8 Å². The molecule has 21 heavy (non-hydrogen) atoms. The van der Waals surface area contributed by atoms with Crippen molar-refractivity contribution < 1.29 is 19.5 Å². The maximum Gasteiger partial charge on any atom is 0.316 e. The molecular weight excluding hydrogens is 276 g/mol. The molecule has 0 rings (SSSR count). The molecule has 0 aromatic carbocycles. The fourth-order valence-corrected chi connectivity index (χ4v) is 1.52. The molecule has 0 aliphatic carbocycles. The lowest BCUT2D eigenvalue weighted by molar-refractivity contribution is -0.137. The van der Waals surface area contributed by atoms with Gasteiger partial charge in [0.15, 0.2) is 0 Å². The van der Waals surface area contributed by atoms with E-state index in [2.05, 4.69) is 16.0 Å². The van der Waals surface area contributed by atoms with E-state index in [0.29, 0.717) is 26.1 Å². The van der Waals surface area contributed by atoms with E-state index in [-0.39, 0.29) is 18.5 Å². The van der Waals surface area contributed by atoms with Crippen LogP contribution in [0.5, 0.6) is 0 Å². The molecule has 0 fully saturated rings. The van der Waals surface area contributed by atoms with E-state index in [1.165, 1.54) is 4.90 Å². The number of unbranched alkanes of at least 4 members (excludes halogenated alkanes) is 3. The third-order valence-electron chi connectivity index (χ3n) is 2.70. The summed E-state index contributed by atoms with van der Waals surface area (Å²) in [5.74, 6) is -0.770. The van der Waals surface area contributed by atoms with Gasteiger partial charge in [-0.2, -0.15) is 0 Å². The lowest BCUT2D eigenvalue weighted by Crippen LogP contribution is -2.42. The van der Waals surface area contributed by atoms with Crippen LogP contribution in [-0.2, 0) is 4.79 Å². The topological polar surface area (TPSA) is 111 Å². The zero-order chi connectivity index (χ0) is 16.1. The molecule has 122 valence electrons. The van der Waals surface area contributed by atoms with Gasteiger partial charge in [-0.25, -0.2) is 9.59 Å². The van der Waals surface area contributed by atoms with Gasteiger partial charge in [0.1, 0.15) is 0 Å². The minimum atomic E-state index is -0.770. The van der Waals surface area contributed by atoms with Crippen molar-refractivity contribution in [3.8, 4) is 0 Å². The van der Waals surface area contributed by atoms with Crippen molar-refractivity contribution in [1.82, 2.24) is 20.9 Å². The van der Waals surface area contributed by atoms with E-state index in [4.69, 9.17) is 5.11 Å². The van der Waals surface area contributed by atoms with Gasteiger partial charge >= 0.3 is 18.0 Å². The summed E-state index contributed by atoms with van der Waals surface area (Å²) in [6.07, 6.45) is 3.45. The summed E-state index contributed by atoms with van der Waals surface area (Å²) in [6, 6.07) is -0.460. The first kappa shape index (κ1) is 19.0. The monoisotopic (exact) mass is 302 g/mol. The molecule has 0 unspecified atom stereocenters. The number of rotatable bonds is 10. The predicted octanol–water partition coefficient (Wildman–Crippen LogP) is 0.592. The number of hydrogen-bond donors (Lipinski definition) is 4. The molecule has 0 aliphatic rings. The molecule has 0 atom stereocenters. The third kappa shape index (κ3) is 12.8. The molecule has 0 aliphatic heterocycles. The Bertz CT molecular complexity index is 334. The summed E-state index contributed by atoms with van der Waals surface area (Å²) in [7, 11) is 3.29. The largest absolute Gasteiger partial charge is 0.481 e. The molecule has 8 heteroatoms. The van der Waals surface area contributed by atoms with Gasteiger partial charge in [-0.1, -0.05) is 12.8 Å². The number of carbonyl (C=O) groups is 3. The van der Waals surface area contributed by atoms with Crippen LogP contribution in [0.4, 0.5) is 9.59 Å². The SMILES string of the molecule is CN(C)C(=O)NCCNC(=O)NCCCCCCC(=O)O. The molecule has 0 aromatic heterocycles. The molecule has 0 spiro atoms. The number of carbonyl (C=O) groups excluding carboxylic acids is 2. The number of aliphatic carboxylic acids is 1. The lowest BCUT2D eigenvalue weighted by atomic mass is 10.1. The molecule has 0 heterocycles. The lowest BCUT2D eigenvalue weighted by Gasteiger charge is -2.12. The van der Waals surface area contributed by atoms with Crippen molar-refractivity contribution in [2.45, 2.75) is 32.1 Å². The minimum Gasteiger partial charge on any atom is -0.481 e. The highest BCUT2D eigenvalue weighted by atomic mass is 16.4. The number of hydrogen-bond acceptors (Lipinski definition) is 3. The predicted molar refractivity (Wildman–Crippen MR) is 79.2 cm³/mol. The molecule has 8 nitrogen and oxygen atoms in total. The standard InChI is InChI=1S/C13H26N4O4/c1-17(2)13(21)16-10-9-15-12(20)14-8-6-4-3-5-7-11(18)19/h3-10H2,1-2H3,(H,16,21)(H,18,19)(H2,14,15,20). The Kier molecular flexibility index (Phi) is 10.7. The summed E-state index contributed by atoms with van der Waals surface area (Å²) in [4.78, 5) is 34.3. The highest BCUT2D eigenvalue weighted by Crippen LogP contribution is 2.01. The van der Waals surface area contributed by atoms with Crippen molar-refractivity contribution >= 4 is 18.0 Å². The number of nitrogens with one attached hydrogen (secondary N) is 3. The Morgan fingerprint density at radius 1 is 0.857 bits per heavy atom. The molecule has 4 N–H and O–H groups in total. The second-order valence-electron chi connectivity index (χ2n) is 4.87. The molecule has 4 amide bonds. The highest BCUT2D eigenvalue weighted by Gasteiger charge is 2.02. The van der Waals surface area contributed by atoms with Crippen LogP contribution in [0, 0.1) is 0 Å². The van der Waals surface area contributed by atoms with E-state index in [1.807, 2.05) is 0 Å². The second-order valence-corrected chi connectivity index (χ2v) is 4.87. The summed E-state index contributed by atoms with van der Waals surface area (Å²) in [6.45, 7) is 1.30. The Hall–Kier alpha value is -1.99. The normalized spacial score (nSPS) is 9.81. The summed E-state index contributed by atoms with van der Waals surface area (Å²) >= 11 is 0. The number of nitrogens with zero attached hydrogens (tertiary/aromatic N) is 1. The fourth-order valence-electron chi connectivity index (χ4n) is 1.52. The molecule has 0 radical (unpaired) electrons. The minimum absolute atomic E-state index is 0.196. The van der Waals surface area contributed by atoms with Crippen LogP contribution in [-0.4, -0.2) is 61.8 Å². The van der Waals surface area contributed by atoms with Gasteiger partial charge in [0.05, 0.1) is 0 Å². The molecule has 0 saturated carbocycles. The molecule has 0 bridgehead atoms. The van der Waals surface area contributed by atoms with Gasteiger partial charge in [0, 0.05) is 40.2 Å². The van der Waals surface area contributed by atoms with Gasteiger partial charge < -0.3 is 26.0 Å². The number of urea groups is 2. The summed E-state index contributed by atoms with van der Waals surface area (Å²) < 4.78 is 0. The smallest absolute Gasteiger partial charge is 0.316 e. The average molecular weight is 302 g/mol. The van der Waals surface area contributed by atoms with E-state index in [1.54, 1.807) is 14.1 Å². The number of carboxylic acid groups (broad SMARTS) is 1. The van der Waals surface area contributed by atoms with Crippen LogP contribution >= 0.6 is 0 Å². The first-order valence-electron chi connectivity index (χ1n) is 7.12. The van der Waals surface area contributed by atoms with Crippen molar-refractivity contribution in [3.63, 3.8) is 0 Å². The fraction of sp³-hybridized carbons (Fsp3) is 0.769. The third-order valence-corrected chi connectivity index (χ3v) is 2.70.